The summed E-state index contributed by atoms with van der Waals surface area (Å²) < 4.78 is 11.6. The zero-order valence-corrected chi connectivity index (χ0v) is 13.2. The average molecular weight is 297 g/mol. The topological polar surface area (TPSA) is 20.3 Å². The predicted octanol–water partition coefficient (Wildman–Crippen LogP) is 2.62. The first kappa shape index (κ1) is 15.1. The van der Waals surface area contributed by atoms with Crippen LogP contribution in [0, 0.1) is 5.92 Å². The molecule has 0 spiro atoms. The Hall–Kier alpha value is -0.320. The quantitative estimate of drug-likeness (QED) is 0.779. The SMILES string of the molecule is C[C@H]1CN(CCSCc2ccccc2)CC[S@@](=O)C1. The van der Waals surface area contributed by atoms with Crippen LogP contribution in [0.4, 0.5) is 0 Å². The van der Waals surface area contributed by atoms with Crippen molar-refractivity contribution in [2.75, 3.05) is 36.9 Å². The summed E-state index contributed by atoms with van der Waals surface area (Å²) in [4.78, 5) is 2.48. The Morgan fingerprint density at radius 1 is 1.37 bits per heavy atom. The molecule has 0 N–H and O–H groups in total. The summed E-state index contributed by atoms with van der Waals surface area (Å²) in [6, 6.07) is 10.6. The van der Waals surface area contributed by atoms with Crippen molar-refractivity contribution in [3.8, 4) is 0 Å². The molecule has 0 aromatic heterocycles. The van der Waals surface area contributed by atoms with Gasteiger partial charge in [0.1, 0.15) is 0 Å². The van der Waals surface area contributed by atoms with E-state index >= 15 is 0 Å². The van der Waals surface area contributed by atoms with Gasteiger partial charge >= 0.3 is 0 Å². The molecule has 1 saturated heterocycles. The van der Waals surface area contributed by atoms with Gasteiger partial charge in [0.05, 0.1) is 0 Å². The number of nitrogens with zero attached hydrogens (tertiary/aromatic N) is 1. The van der Waals surface area contributed by atoms with Crippen molar-refractivity contribution in [2.24, 2.45) is 5.92 Å². The average Bonchev–Trinajstić information content (AvgIpc) is 2.57. The predicted molar refractivity (Wildman–Crippen MR) is 86.1 cm³/mol. The monoisotopic (exact) mass is 297 g/mol. The molecule has 4 heteroatoms. The van der Waals surface area contributed by atoms with E-state index in [-0.39, 0.29) is 0 Å². The number of hydrogen-bond acceptors (Lipinski definition) is 3. The lowest BCUT2D eigenvalue weighted by Gasteiger charge is -2.21. The van der Waals surface area contributed by atoms with Crippen molar-refractivity contribution in [3.05, 3.63) is 35.9 Å². The van der Waals surface area contributed by atoms with E-state index in [1.54, 1.807) is 0 Å². The van der Waals surface area contributed by atoms with Crippen molar-refractivity contribution in [1.29, 1.82) is 0 Å². The van der Waals surface area contributed by atoms with E-state index in [1.807, 2.05) is 11.8 Å². The molecule has 2 nitrogen and oxygen atoms in total. The molecule has 0 bridgehead atoms. The number of rotatable bonds is 5. The zero-order valence-electron chi connectivity index (χ0n) is 11.6. The van der Waals surface area contributed by atoms with Crippen molar-refractivity contribution < 1.29 is 4.21 Å². The van der Waals surface area contributed by atoms with Crippen LogP contribution < -0.4 is 0 Å². The van der Waals surface area contributed by atoms with Crippen LogP contribution in [0.3, 0.4) is 0 Å². The van der Waals surface area contributed by atoms with Crippen molar-refractivity contribution in [2.45, 2.75) is 12.7 Å². The van der Waals surface area contributed by atoms with E-state index in [1.165, 1.54) is 5.56 Å². The Kier molecular flexibility index (Phi) is 6.41. The van der Waals surface area contributed by atoms with Gasteiger partial charge in [-0.3, -0.25) is 4.21 Å². The molecule has 106 valence electrons. The Bertz CT molecular complexity index is 396. The van der Waals surface area contributed by atoms with Gasteiger partial charge in [-0.05, 0) is 11.5 Å². The molecule has 1 fully saturated rings. The van der Waals surface area contributed by atoms with Crippen LogP contribution in [0.15, 0.2) is 30.3 Å². The first-order chi connectivity index (χ1) is 9.24. The van der Waals surface area contributed by atoms with Crippen molar-refractivity contribution >= 4 is 22.6 Å². The molecule has 19 heavy (non-hydrogen) atoms. The summed E-state index contributed by atoms with van der Waals surface area (Å²) in [5, 5.41) is 0. The normalized spacial score (nSPS) is 25.1. The number of thioether (sulfide) groups is 1. The summed E-state index contributed by atoms with van der Waals surface area (Å²) in [6.45, 7) is 5.45. The third-order valence-corrected chi connectivity index (χ3v) is 5.93. The highest BCUT2D eigenvalue weighted by Crippen LogP contribution is 2.13. The van der Waals surface area contributed by atoms with Crippen LogP contribution in [0.1, 0.15) is 12.5 Å². The molecule has 1 aliphatic heterocycles. The fourth-order valence-electron chi connectivity index (χ4n) is 2.38. The number of benzene rings is 1. The van der Waals surface area contributed by atoms with E-state index in [2.05, 4.69) is 42.2 Å². The second kappa shape index (κ2) is 8.08. The van der Waals surface area contributed by atoms with E-state index in [9.17, 15) is 4.21 Å². The Balaban J connectivity index is 1.66. The fourth-order valence-corrected chi connectivity index (χ4v) is 4.71. The fraction of sp³-hybridized carbons (Fsp3) is 0.600. The molecule has 2 atom stereocenters. The van der Waals surface area contributed by atoms with Gasteiger partial charge in [0.15, 0.2) is 0 Å². The minimum atomic E-state index is -0.594. The zero-order chi connectivity index (χ0) is 13.5. The summed E-state index contributed by atoms with van der Waals surface area (Å²) in [5.74, 6) is 4.56. The molecule has 1 aliphatic rings. The Labute approximate surface area is 123 Å². The first-order valence-corrected chi connectivity index (χ1v) is 9.57. The maximum Gasteiger partial charge on any atom is 0.0362 e. The molecule has 0 aliphatic carbocycles. The molecule has 1 aromatic carbocycles. The lowest BCUT2D eigenvalue weighted by molar-refractivity contribution is 0.281. The van der Waals surface area contributed by atoms with Gasteiger partial charge in [0, 0.05) is 53.4 Å². The summed E-state index contributed by atoms with van der Waals surface area (Å²) in [5.41, 5.74) is 1.40. The second-order valence-electron chi connectivity index (χ2n) is 5.25. The van der Waals surface area contributed by atoms with Crippen LogP contribution in [0.25, 0.3) is 0 Å². The highest BCUT2D eigenvalue weighted by molar-refractivity contribution is 7.98. The highest BCUT2D eigenvalue weighted by Gasteiger charge is 2.18. The second-order valence-corrected chi connectivity index (χ2v) is 7.98. The van der Waals surface area contributed by atoms with E-state index in [4.69, 9.17) is 0 Å². The van der Waals surface area contributed by atoms with Gasteiger partial charge in [-0.15, -0.1) is 0 Å². The highest BCUT2D eigenvalue weighted by atomic mass is 32.2. The van der Waals surface area contributed by atoms with Gasteiger partial charge in [-0.1, -0.05) is 37.3 Å². The number of hydrogen-bond donors (Lipinski definition) is 0. The standard InChI is InChI=1S/C15H23NOS2/c1-14-11-16(8-10-19(17)13-14)7-9-18-12-15-5-3-2-4-6-15/h2-6,14H,7-13H2,1H3/t14-,19+/m0/s1. The van der Waals surface area contributed by atoms with E-state index < -0.39 is 10.8 Å². The van der Waals surface area contributed by atoms with E-state index in [0.717, 1.165) is 42.6 Å². The van der Waals surface area contributed by atoms with Gasteiger partial charge < -0.3 is 4.90 Å². The van der Waals surface area contributed by atoms with Crippen molar-refractivity contribution in [1.82, 2.24) is 4.90 Å². The lowest BCUT2D eigenvalue weighted by Crippen LogP contribution is -2.31. The molecule has 2 rings (SSSR count). The van der Waals surface area contributed by atoms with Gasteiger partial charge in [-0.25, -0.2) is 0 Å². The molecule has 1 aromatic rings. The molecular formula is C15H23NOS2. The molecule has 0 radical (unpaired) electrons. The maximum atomic E-state index is 11.6. The third-order valence-electron chi connectivity index (χ3n) is 3.34. The minimum Gasteiger partial charge on any atom is -0.301 e. The third kappa shape index (κ3) is 5.67. The van der Waals surface area contributed by atoms with Crippen LogP contribution in [-0.4, -0.2) is 46.0 Å². The van der Waals surface area contributed by atoms with Crippen LogP contribution >= 0.6 is 11.8 Å². The molecule has 0 amide bonds. The van der Waals surface area contributed by atoms with Gasteiger partial charge in [0.25, 0.3) is 0 Å². The van der Waals surface area contributed by atoms with Gasteiger partial charge in [0.2, 0.25) is 0 Å². The largest absolute Gasteiger partial charge is 0.301 e. The van der Waals surface area contributed by atoms with Crippen molar-refractivity contribution in [3.63, 3.8) is 0 Å². The Morgan fingerprint density at radius 2 is 2.16 bits per heavy atom. The summed E-state index contributed by atoms with van der Waals surface area (Å²) >= 11 is 1.99. The minimum absolute atomic E-state index is 0.572. The van der Waals surface area contributed by atoms with Crippen LogP contribution in [-0.2, 0) is 16.6 Å². The Morgan fingerprint density at radius 3 is 2.95 bits per heavy atom. The van der Waals surface area contributed by atoms with Crippen LogP contribution in [0.2, 0.25) is 0 Å². The van der Waals surface area contributed by atoms with Crippen LogP contribution in [0.5, 0.6) is 0 Å². The molecule has 0 unspecified atom stereocenters. The lowest BCUT2D eigenvalue weighted by atomic mass is 10.2. The van der Waals surface area contributed by atoms with E-state index in [0.29, 0.717) is 5.92 Å². The smallest absolute Gasteiger partial charge is 0.0362 e. The maximum absolute atomic E-state index is 11.6. The van der Waals surface area contributed by atoms with Gasteiger partial charge in [-0.2, -0.15) is 11.8 Å². The molecular weight excluding hydrogens is 274 g/mol. The molecule has 0 saturated carbocycles. The molecule has 1 heterocycles. The first-order valence-electron chi connectivity index (χ1n) is 6.93. The summed E-state index contributed by atoms with van der Waals surface area (Å²) in [7, 11) is -0.594. The summed E-state index contributed by atoms with van der Waals surface area (Å²) in [6.07, 6.45) is 0.